The molecule has 1 unspecified atom stereocenters. The summed E-state index contributed by atoms with van der Waals surface area (Å²) in [5.41, 5.74) is 0. The van der Waals surface area contributed by atoms with Gasteiger partial charge in [0.05, 0.1) is 0 Å². The van der Waals surface area contributed by atoms with Gasteiger partial charge in [0, 0.05) is 25.7 Å². The lowest BCUT2D eigenvalue weighted by atomic mass is 9.91. The van der Waals surface area contributed by atoms with Gasteiger partial charge in [-0.3, -0.25) is 0 Å². The smallest absolute Gasteiger partial charge is 0.279 e. The summed E-state index contributed by atoms with van der Waals surface area (Å²) in [5, 5.41) is 3.50. The third kappa shape index (κ3) is 4.50. The van der Waals surface area contributed by atoms with Gasteiger partial charge >= 0.3 is 0 Å². The zero-order valence-electron chi connectivity index (χ0n) is 11.8. The molecule has 0 saturated carbocycles. The van der Waals surface area contributed by atoms with E-state index in [-0.39, 0.29) is 0 Å². The maximum absolute atomic E-state index is 11.8. The van der Waals surface area contributed by atoms with Gasteiger partial charge in [-0.1, -0.05) is 13.8 Å². The van der Waals surface area contributed by atoms with Crippen LogP contribution in [0.3, 0.4) is 0 Å². The molecule has 0 radical (unpaired) electrons. The van der Waals surface area contributed by atoms with Gasteiger partial charge in [0.2, 0.25) is 0 Å². The van der Waals surface area contributed by atoms with Gasteiger partial charge in [0.25, 0.3) is 10.2 Å². The molecule has 0 spiro atoms. The van der Waals surface area contributed by atoms with E-state index in [2.05, 4.69) is 23.9 Å². The Labute approximate surface area is 112 Å². The molecule has 108 valence electrons. The van der Waals surface area contributed by atoms with Gasteiger partial charge in [0.1, 0.15) is 0 Å². The van der Waals surface area contributed by atoms with E-state index < -0.39 is 10.2 Å². The third-order valence-electron chi connectivity index (χ3n) is 3.59. The summed E-state index contributed by atoms with van der Waals surface area (Å²) in [5.74, 6) is 0.588. The molecule has 0 aromatic carbocycles. The molecular formula is C12H27N3O2S. The fraction of sp³-hybridized carbons (Fsp3) is 1.00. The van der Waals surface area contributed by atoms with Crippen LogP contribution in [0.15, 0.2) is 0 Å². The Hall–Kier alpha value is -0.170. The quantitative estimate of drug-likeness (QED) is 0.728. The minimum absolute atomic E-state index is 0.455. The Morgan fingerprint density at radius 1 is 1.28 bits per heavy atom. The van der Waals surface area contributed by atoms with Crippen LogP contribution in [0.25, 0.3) is 0 Å². The Bertz CT molecular complexity index is 324. The highest BCUT2D eigenvalue weighted by Crippen LogP contribution is 2.22. The molecule has 0 aliphatic carbocycles. The highest BCUT2D eigenvalue weighted by atomic mass is 32.2. The largest absolute Gasteiger partial charge is 0.314 e. The second kappa shape index (κ2) is 7.43. The Kier molecular flexibility index (Phi) is 6.55. The lowest BCUT2D eigenvalue weighted by molar-refractivity contribution is 0.230. The van der Waals surface area contributed by atoms with Crippen molar-refractivity contribution >= 4 is 10.2 Å². The predicted octanol–water partition coefficient (Wildman–Crippen LogP) is 0.941. The van der Waals surface area contributed by atoms with Crippen LogP contribution in [0.5, 0.6) is 0 Å². The van der Waals surface area contributed by atoms with Gasteiger partial charge in [-0.2, -0.15) is 12.7 Å². The summed E-state index contributed by atoms with van der Waals surface area (Å²) in [7, 11) is -3.24. The molecule has 6 heteroatoms. The highest BCUT2D eigenvalue weighted by Gasteiger charge is 2.29. The first-order valence-corrected chi connectivity index (χ1v) is 8.43. The summed E-state index contributed by atoms with van der Waals surface area (Å²) < 4.78 is 27.8. The third-order valence-corrected chi connectivity index (χ3v) is 5.29. The molecule has 18 heavy (non-hydrogen) atoms. The van der Waals surface area contributed by atoms with Crippen LogP contribution >= 0.6 is 0 Å². The minimum atomic E-state index is -3.24. The van der Waals surface area contributed by atoms with Crippen LogP contribution in [-0.4, -0.2) is 44.9 Å². The molecular weight excluding hydrogens is 250 g/mol. The molecule has 1 saturated heterocycles. The number of nitrogens with zero attached hydrogens (tertiary/aromatic N) is 1. The summed E-state index contributed by atoms with van der Waals surface area (Å²) in [6.07, 6.45) is 3.03. The number of nitrogens with one attached hydrogen (secondary N) is 2. The fourth-order valence-electron chi connectivity index (χ4n) is 2.43. The zero-order valence-corrected chi connectivity index (χ0v) is 12.6. The molecule has 1 atom stereocenters. The summed E-state index contributed by atoms with van der Waals surface area (Å²) in [4.78, 5) is 0. The van der Waals surface area contributed by atoms with Crippen molar-refractivity contribution in [1.82, 2.24) is 14.3 Å². The maximum atomic E-state index is 11.8. The molecule has 2 N–H and O–H groups in total. The van der Waals surface area contributed by atoms with Crippen molar-refractivity contribution in [2.24, 2.45) is 5.92 Å². The molecule has 1 rings (SSSR count). The van der Waals surface area contributed by atoms with Crippen molar-refractivity contribution in [1.29, 1.82) is 0 Å². The lowest BCUT2D eigenvalue weighted by Gasteiger charge is -2.34. The first kappa shape index (κ1) is 15.9. The number of hydrogen-bond acceptors (Lipinski definition) is 3. The first-order chi connectivity index (χ1) is 8.51. The summed E-state index contributed by atoms with van der Waals surface area (Å²) in [6, 6.07) is 0.480. The van der Waals surface area contributed by atoms with Gasteiger partial charge in [0.15, 0.2) is 0 Å². The number of piperidine rings is 1. The summed E-state index contributed by atoms with van der Waals surface area (Å²) in [6.45, 7) is 8.94. The lowest BCUT2D eigenvalue weighted by Crippen LogP contribution is -2.47. The fourth-order valence-corrected chi connectivity index (χ4v) is 3.67. The van der Waals surface area contributed by atoms with E-state index in [1.807, 2.05) is 0 Å². The predicted molar refractivity (Wildman–Crippen MR) is 74.6 cm³/mol. The molecule has 5 nitrogen and oxygen atoms in total. The van der Waals surface area contributed by atoms with Gasteiger partial charge in [-0.05, 0) is 38.6 Å². The topological polar surface area (TPSA) is 61.4 Å². The second-order valence-electron chi connectivity index (χ2n) is 4.98. The first-order valence-electron chi connectivity index (χ1n) is 6.99. The van der Waals surface area contributed by atoms with Crippen LogP contribution in [0.1, 0.15) is 40.0 Å². The molecule has 0 aromatic rings. The normalized spacial score (nSPS) is 21.1. The highest BCUT2D eigenvalue weighted by molar-refractivity contribution is 7.87. The molecule has 0 amide bonds. The van der Waals surface area contributed by atoms with E-state index in [0.29, 0.717) is 31.6 Å². The Morgan fingerprint density at radius 3 is 2.39 bits per heavy atom. The van der Waals surface area contributed by atoms with Crippen molar-refractivity contribution in [3.63, 3.8) is 0 Å². The molecule has 1 aliphatic rings. The molecule has 0 aromatic heterocycles. The molecule has 1 fully saturated rings. The van der Waals surface area contributed by atoms with Crippen LogP contribution < -0.4 is 10.0 Å². The molecule has 0 bridgehead atoms. The average Bonchev–Trinajstić information content (AvgIpc) is 2.36. The van der Waals surface area contributed by atoms with E-state index in [4.69, 9.17) is 0 Å². The van der Waals surface area contributed by atoms with E-state index in [1.165, 1.54) is 0 Å². The SMILES string of the molecule is CCCNC(C)C1CCN(S(=O)(=O)NCC)CC1. The summed E-state index contributed by atoms with van der Waals surface area (Å²) >= 11 is 0. The van der Waals surface area contributed by atoms with E-state index in [0.717, 1.165) is 25.8 Å². The van der Waals surface area contributed by atoms with Crippen molar-refractivity contribution in [2.45, 2.75) is 46.1 Å². The Morgan fingerprint density at radius 2 is 1.89 bits per heavy atom. The number of rotatable bonds is 7. The van der Waals surface area contributed by atoms with Crippen LogP contribution in [0.4, 0.5) is 0 Å². The average molecular weight is 277 g/mol. The van der Waals surface area contributed by atoms with E-state index >= 15 is 0 Å². The Balaban J connectivity index is 2.41. The molecule has 1 aliphatic heterocycles. The maximum Gasteiger partial charge on any atom is 0.279 e. The van der Waals surface area contributed by atoms with Crippen molar-refractivity contribution in [3.8, 4) is 0 Å². The van der Waals surface area contributed by atoms with Crippen LogP contribution in [0.2, 0.25) is 0 Å². The molecule has 1 heterocycles. The second-order valence-corrected chi connectivity index (χ2v) is 6.74. The number of hydrogen-bond donors (Lipinski definition) is 2. The monoisotopic (exact) mass is 277 g/mol. The van der Waals surface area contributed by atoms with Crippen molar-refractivity contribution < 1.29 is 8.42 Å². The van der Waals surface area contributed by atoms with E-state index in [1.54, 1.807) is 11.2 Å². The zero-order chi connectivity index (χ0) is 13.6. The standard InChI is InChI=1S/C12H27N3O2S/c1-4-8-13-11(3)12-6-9-15(10-7-12)18(16,17)14-5-2/h11-14H,4-10H2,1-3H3. The van der Waals surface area contributed by atoms with Crippen molar-refractivity contribution in [3.05, 3.63) is 0 Å². The van der Waals surface area contributed by atoms with Gasteiger partial charge in [-0.15, -0.1) is 0 Å². The van der Waals surface area contributed by atoms with Gasteiger partial charge in [-0.25, -0.2) is 4.72 Å². The van der Waals surface area contributed by atoms with Crippen LogP contribution in [-0.2, 0) is 10.2 Å². The van der Waals surface area contributed by atoms with Crippen molar-refractivity contribution in [2.75, 3.05) is 26.2 Å². The van der Waals surface area contributed by atoms with E-state index in [9.17, 15) is 8.42 Å². The van der Waals surface area contributed by atoms with Crippen LogP contribution in [0, 0.1) is 5.92 Å². The minimum Gasteiger partial charge on any atom is -0.314 e. The van der Waals surface area contributed by atoms with Gasteiger partial charge < -0.3 is 5.32 Å².